The van der Waals surface area contributed by atoms with E-state index in [0.717, 1.165) is 25.7 Å². The van der Waals surface area contributed by atoms with Crippen molar-refractivity contribution < 1.29 is 29.4 Å². The summed E-state index contributed by atoms with van der Waals surface area (Å²) in [4.78, 5) is 10.3. The topological polar surface area (TPSA) is 37.3 Å². The van der Waals surface area contributed by atoms with Gasteiger partial charge in [0.05, 0.1) is 0 Å². The molecule has 1 N–H and O–H groups in total. The summed E-state index contributed by atoms with van der Waals surface area (Å²) in [5.41, 5.74) is 0. The molecule has 0 unspecified atom stereocenters. The van der Waals surface area contributed by atoms with Gasteiger partial charge in [-0.05, 0) is 38.5 Å². The van der Waals surface area contributed by atoms with Crippen LogP contribution in [0.2, 0.25) is 0 Å². The second-order valence-electron chi connectivity index (χ2n) is 5.37. The van der Waals surface area contributed by atoms with E-state index in [2.05, 4.69) is 31.2 Å². The molecule has 0 spiro atoms. The fourth-order valence-corrected chi connectivity index (χ4v) is 2.09. The number of carbonyl (C=O) groups is 1. The van der Waals surface area contributed by atoms with Crippen LogP contribution >= 0.6 is 0 Å². The maximum Gasteiger partial charge on any atom is 2.00 e. The van der Waals surface area contributed by atoms with Crippen molar-refractivity contribution in [2.45, 2.75) is 84.0 Å². The maximum absolute atomic E-state index is 10.3. The second kappa shape index (κ2) is 19.6. The van der Waals surface area contributed by atoms with E-state index in [1.54, 1.807) is 0 Å². The Bertz CT molecular complexity index is 272. The maximum atomic E-state index is 10.3. The molecule has 0 aliphatic heterocycles. The molecule has 0 saturated heterocycles. The van der Waals surface area contributed by atoms with Crippen molar-refractivity contribution in [2.75, 3.05) is 0 Å². The Morgan fingerprint density at radius 1 is 0.810 bits per heavy atom. The molecular weight excluding hydrogens is 314 g/mol. The van der Waals surface area contributed by atoms with E-state index in [9.17, 15) is 4.79 Å². The molecule has 0 aliphatic carbocycles. The molecule has 116 valence electrons. The van der Waals surface area contributed by atoms with Gasteiger partial charge >= 0.3 is 25.4 Å². The van der Waals surface area contributed by atoms with Crippen LogP contribution in [0.1, 0.15) is 84.0 Å². The quantitative estimate of drug-likeness (QED) is 0.242. The first-order chi connectivity index (χ1) is 9.77. The smallest absolute Gasteiger partial charge is 0.481 e. The van der Waals surface area contributed by atoms with Gasteiger partial charge in [0.1, 0.15) is 0 Å². The minimum absolute atomic E-state index is 0. The zero-order valence-corrected chi connectivity index (χ0v) is 16.8. The van der Waals surface area contributed by atoms with Crippen LogP contribution in [0, 0.1) is 0 Å². The van der Waals surface area contributed by atoms with E-state index in [0.29, 0.717) is 6.42 Å². The van der Waals surface area contributed by atoms with Gasteiger partial charge in [0.2, 0.25) is 0 Å². The standard InChI is InChI=1S/C18H32O2.Zn/c1-2-3-4-5-6-7-8-9-10-11-12-13-14-15-16-17-18(19)20;/h6-7,9-10H,2-5,8,11-17H2,1H3,(H,19,20);/q;+2/b7-6+,10-9+;. The van der Waals surface area contributed by atoms with Crippen LogP contribution in [0.5, 0.6) is 0 Å². The Kier molecular flexibility index (Phi) is 21.3. The minimum Gasteiger partial charge on any atom is -0.481 e. The first-order valence-electron chi connectivity index (χ1n) is 8.29. The molecule has 0 amide bonds. The van der Waals surface area contributed by atoms with Crippen molar-refractivity contribution >= 4 is 5.97 Å². The van der Waals surface area contributed by atoms with Crippen molar-refractivity contribution in [3.63, 3.8) is 0 Å². The van der Waals surface area contributed by atoms with Gasteiger partial charge in [-0.2, -0.15) is 0 Å². The van der Waals surface area contributed by atoms with Crippen molar-refractivity contribution in [3.05, 3.63) is 24.3 Å². The monoisotopic (exact) mass is 344 g/mol. The summed E-state index contributed by atoms with van der Waals surface area (Å²) in [5, 5.41) is 8.50. The molecule has 21 heavy (non-hydrogen) atoms. The number of rotatable bonds is 14. The number of hydrogen-bond acceptors (Lipinski definition) is 1. The second-order valence-corrected chi connectivity index (χ2v) is 5.37. The Hall–Kier alpha value is -0.427. The summed E-state index contributed by atoms with van der Waals surface area (Å²) in [7, 11) is 0. The Labute approximate surface area is 143 Å². The Morgan fingerprint density at radius 3 is 1.90 bits per heavy atom. The number of allylic oxidation sites excluding steroid dienone is 4. The summed E-state index contributed by atoms with van der Waals surface area (Å²) in [6.07, 6.45) is 22.3. The van der Waals surface area contributed by atoms with Gasteiger partial charge in [-0.15, -0.1) is 0 Å². The van der Waals surface area contributed by atoms with Crippen molar-refractivity contribution in [1.82, 2.24) is 0 Å². The van der Waals surface area contributed by atoms with Crippen LogP contribution in [0.3, 0.4) is 0 Å². The predicted octanol–water partition coefficient (Wildman–Crippen LogP) is 5.88. The molecule has 3 heteroatoms. The molecule has 0 saturated carbocycles. The third-order valence-corrected chi connectivity index (χ3v) is 3.34. The molecule has 0 heterocycles. The molecule has 0 aliphatic rings. The van der Waals surface area contributed by atoms with Crippen molar-refractivity contribution in [3.8, 4) is 0 Å². The van der Waals surface area contributed by atoms with Crippen LogP contribution < -0.4 is 0 Å². The average Bonchev–Trinajstić information content (AvgIpc) is 2.43. The average molecular weight is 346 g/mol. The van der Waals surface area contributed by atoms with E-state index in [1.165, 1.54) is 44.9 Å². The Balaban J connectivity index is 0. The van der Waals surface area contributed by atoms with Gasteiger partial charge < -0.3 is 5.11 Å². The molecule has 0 aromatic carbocycles. The molecule has 0 aromatic heterocycles. The summed E-state index contributed by atoms with van der Waals surface area (Å²) < 4.78 is 0. The van der Waals surface area contributed by atoms with Crippen molar-refractivity contribution in [1.29, 1.82) is 0 Å². The molecule has 0 fully saturated rings. The van der Waals surface area contributed by atoms with E-state index < -0.39 is 5.97 Å². The van der Waals surface area contributed by atoms with Crippen LogP contribution in [0.4, 0.5) is 0 Å². The van der Waals surface area contributed by atoms with Gasteiger partial charge in [-0.3, -0.25) is 4.79 Å². The number of carboxylic acid groups (broad SMARTS) is 1. The largest absolute Gasteiger partial charge is 2.00 e. The number of aliphatic carboxylic acids is 1. The molecule has 0 bridgehead atoms. The van der Waals surface area contributed by atoms with E-state index in [1.807, 2.05) is 0 Å². The molecule has 0 atom stereocenters. The SMILES string of the molecule is CCCCC/C=C/C/C=C/CCCCCCCC(=O)O.[Zn+2]. The Morgan fingerprint density at radius 2 is 1.33 bits per heavy atom. The number of unbranched alkanes of at least 4 members (excludes halogenated alkanes) is 8. The van der Waals surface area contributed by atoms with Crippen LogP contribution in [-0.2, 0) is 24.3 Å². The van der Waals surface area contributed by atoms with E-state index >= 15 is 0 Å². The summed E-state index contributed by atoms with van der Waals surface area (Å²) in [6, 6.07) is 0. The normalized spacial score (nSPS) is 11.1. The van der Waals surface area contributed by atoms with Crippen LogP contribution in [-0.4, -0.2) is 11.1 Å². The molecule has 0 aromatic rings. The molecule has 0 rings (SSSR count). The van der Waals surface area contributed by atoms with Crippen molar-refractivity contribution in [2.24, 2.45) is 0 Å². The van der Waals surface area contributed by atoms with Gasteiger partial charge in [0.15, 0.2) is 0 Å². The first kappa shape index (κ1) is 22.8. The van der Waals surface area contributed by atoms with Gasteiger partial charge in [-0.1, -0.05) is 63.3 Å². The number of hydrogen-bond donors (Lipinski definition) is 1. The predicted molar refractivity (Wildman–Crippen MR) is 87.0 cm³/mol. The van der Waals surface area contributed by atoms with Gasteiger partial charge in [0, 0.05) is 6.42 Å². The fourth-order valence-electron chi connectivity index (χ4n) is 2.09. The zero-order valence-electron chi connectivity index (χ0n) is 13.9. The third-order valence-electron chi connectivity index (χ3n) is 3.34. The van der Waals surface area contributed by atoms with Crippen LogP contribution in [0.25, 0.3) is 0 Å². The van der Waals surface area contributed by atoms with E-state index in [4.69, 9.17) is 5.11 Å². The summed E-state index contributed by atoms with van der Waals surface area (Å²) in [6.45, 7) is 2.23. The fraction of sp³-hybridized carbons (Fsp3) is 0.722. The zero-order chi connectivity index (χ0) is 14.9. The van der Waals surface area contributed by atoms with Gasteiger partial charge in [-0.25, -0.2) is 0 Å². The first-order valence-corrected chi connectivity index (χ1v) is 8.29. The minimum atomic E-state index is -0.671. The van der Waals surface area contributed by atoms with Crippen LogP contribution in [0.15, 0.2) is 24.3 Å². The summed E-state index contributed by atoms with van der Waals surface area (Å²) in [5.74, 6) is -0.671. The van der Waals surface area contributed by atoms with Gasteiger partial charge in [0.25, 0.3) is 0 Å². The molecular formula is C18H32O2Zn+2. The molecule has 0 radical (unpaired) electrons. The number of carboxylic acids is 1. The summed E-state index contributed by atoms with van der Waals surface area (Å²) >= 11 is 0. The van der Waals surface area contributed by atoms with E-state index in [-0.39, 0.29) is 19.5 Å². The molecule has 2 nitrogen and oxygen atoms in total. The third kappa shape index (κ3) is 22.0.